The van der Waals surface area contributed by atoms with Crippen molar-refractivity contribution in [2.75, 3.05) is 0 Å². The highest BCUT2D eigenvalue weighted by Crippen LogP contribution is 2.30. The van der Waals surface area contributed by atoms with E-state index < -0.39 is 0 Å². The fraction of sp³-hybridized carbons (Fsp3) is 0.0952. The van der Waals surface area contributed by atoms with E-state index in [-0.39, 0.29) is 0 Å². The zero-order valence-corrected chi connectivity index (χ0v) is 14.2. The predicted molar refractivity (Wildman–Crippen MR) is 100 cm³/mol. The normalized spacial score (nSPS) is 11.1. The largest absolute Gasteiger partial charge is 0.260 e. The maximum absolute atomic E-state index is 6.12. The molecule has 2 nitrogen and oxygen atoms in total. The van der Waals surface area contributed by atoms with E-state index in [9.17, 15) is 0 Å². The predicted octanol–water partition coefficient (Wildman–Crippen LogP) is 5.71. The second kappa shape index (κ2) is 6.14. The van der Waals surface area contributed by atoms with Crippen LogP contribution in [-0.4, -0.2) is 9.78 Å². The van der Waals surface area contributed by atoms with Crippen LogP contribution in [0.2, 0.25) is 5.02 Å². The average molecular weight is 333 g/mol. The first-order valence-electron chi connectivity index (χ1n) is 7.98. The molecule has 0 atom stereocenters. The third-order valence-corrected chi connectivity index (χ3v) is 4.51. The molecule has 1 aromatic heterocycles. The molecule has 24 heavy (non-hydrogen) atoms. The van der Waals surface area contributed by atoms with Crippen molar-refractivity contribution in [1.82, 2.24) is 9.78 Å². The monoisotopic (exact) mass is 332 g/mol. The van der Waals surface area contributed by atoms with Crippen molar-refractivity contribution in [3.05, 3.63) is 88.9 Å². The Labute approximate surface area is 146 Å². The first kappa shape index (κ1) is 15.0. The number of fused-ring (bicyclic) bond motifs is 1. The Bertz CT molecular complexity index is 1020. The van der Waals surface area contributed by atoms with Gasteiger partial charge in [0.2, 0.25) is 0 Å². The Morgan fingerprint density at radius 3 is 2.54 bits per heavy atom. The van der Waals surface area contributed by atoms with Crippen LogP contribution >= 0.6 is 11.6 Å². The Kier molecular flexibility index (Phi) is 3.83. The van der Waals surface area contributed by atoms with Gasteiger partial charge >= 0.3 is 0 Å². The van der Waals surface area contributed by atoms with E-state index in [4.69, 9.17) is 16.7 Å². The lowest BCUT2D eigenvalue weighted by atomic mass is 10.0. The van der Waals surface area contributed by atoms with Gasteiger partial charge in [0.05, 0.1) is 12.1 Å². The van der Waals surface area contributed by atoms with Gasteiger partial charge in [-0.25, -0.2) is 0 Å². The molecule has 0 bridgehead atoms. The molecule has 0 N–H and O–H groups in total. The number of nitrogens with zero attached hydrogens (tertiary/aromatic N) is 2. The highest BCUT2D eigenvalue weighted by Gasteiger charge is 2.13. The number of hydrogen-bond donors (Lipinski definition) is 0. The van der Waals surface area contributed by atoms with Crippen molar-refractivity contribution in [1.29, 1.82) is 0 Å². The summed E-state index contributed by atoms with van der Waals surface area (Å²) >= 11 is 6.12. The summed E-state index contributed by atoms with van der Waals surface area (Å²) in [5, 5.41) is 6.85. The summed E-state index contributed by atoms with van der Waals surface area (Å²) in [7, 11) is 0. The van der Waals surface area contributed by atoms with E-state index in [1.807, 2.05) is 18.2 Å². The molecule has 0 aliphatic carbocycles. The van der Waals surface area contributed by atoms with Gasteiger partial charge in [0, 0.05) is 16.0 Å². The molecule has 0 aliphatic heterocycles. The van der Waals surface area contributed by atoms with Crippen LogP contribution in [0.3, 0.4) is 0 Å². The molecule has 0 fully saturated rings. The van der Waals surface area contributed by atoms with E-state index in [0.29, 0.717) is 6.54 Å². The number of rotatable bonds is 3. The molecule has 0 radical (unpaired) electrons. The van der Waals surface area contributed by atoms with Gasteiger partial charge in [-0.3, -0.25) is 4.68 Å². The summed E-state index contributed by atoms with van der Waals surface area (Å²) in [6.45, 7) is 2.83. The minimum absolute atomic E-state index is 0.701. The van der Waals surface area contributed by atoms with Gasteiger partial charge in [-0.2, -0.15) is 5.10 Å². The molecule has 1 heterocycles. The van der Waals surface area contributed by atoms with Gasteiger partial charge in [0.25, 0.3) is 0 Å². The molecule has 0 spiro atoms. The Morgan fingerprint density at radius 2 is 1.71 bits per heavy atom. The summed E-state index contributed by atoms with van der Waals surface area (Å²) in [5.74, 6) is 0. The number of benzene rings is 3. The van der Waals surface area contributed by atoms with Gasteiger partial charge in [-0.1, -0.05) is 66.2 Å². The van der Waals surface area contributed by atoms with Crippen LogP contribution in [0.1, 0.15) is 11.1 Å². The Hall–Kier alpha value is -2.58. The van der Waals surface area contributed by atoms with Gasteiger partial charge < -0.3 is 0 Å². The van der Waals surface area contributed by atoms with Gasteiger partial charge in [-0.15, -0.1) is 0 Å². The van der Waals surface area contributed by atoms with Crippen molar-refractivity contribution in [3.8, 4) is 11.3 Å². The van der Waals surface area contributed by atoms with E-state index in [1.165, 1.54) is 16.5 Å². The summed E-state index contributed by atoms with van der Waals surface area (Å²) in [6, 6.07) is 24.7. The van der Waals surface area contributed by atoms with Crippen LogP contribution in [0, 0.1) is 6.92 Å². The molecule has 4 aromatic rings. The smallest absolute Gasteiger partial charge is 0.100 e. The van der Waals surface area contributed by atoms with Crippen LogP contribution < -0.4 is 0 Å². The molecule has 4 rings (SSSR count). The topological polar surface area (TPSA) is 17.8 Å². The van der Waals surface area contributed by atoms with E-state index >= 15 is 0 Å². The fourth-order valence-corrected chi connectivity index (χ4v) is 3.31. The summed E-state index contributed by atoms with van der Waals surface area (Å²) in [6.07, 6.45) is 0. The van der Waals surface area contributed by atoms with E-state index in [0.717, 1.165) is 21.8 Å². The standard InChI is InChI=1S/C21H17ClN2/c1-15-7-2-3-10-18(15)21-19-11-4-5-12-20(19)24(23-21)14-16-8-6-9-17(22)13-16/h2-13H,14H2,1H3. The lowest BCUT2D eigenvalue weighted by Gasteiger charge is -2.04. The number of aryl methyl sites for hydroxylation is 1. The molecule has 3 aromatic carbocycles. The van der Waals surface area contributed by atoms with Crippen molar-refractivity contribution in [3.63, 3.8) is 0 Å². The molecule has 0 saturated heterocycles. The number of aromatic nitrogens is 2. The van der Waals surface area contributed by atoms with Crippen LogP contribution in [0.4, 0.5) is 0 Å². The number of halogens is 1. The molecule has 3 heteroatoms. The zero-order chi connectivity index (χ0) is 16.5. The number of hydrogen-bond acceptors (Lipinski definition) is 1. The van der Waals surface area contributed by atoms with Gasteiger partial charge in [0.1, 0.15) is 5.69 Å². The van der Waals surface area contributed by atoms with Crippen LogP contribution in [0.5, 0.6) is 0 Å². The minimum Gasteiger partial charge on any atom is -0.260 e. The molecular formula is C21H17ClN2. The van der Waals surface area contributed by atoms with Crippen LogP contribution in [-0.2, 0) is 6.54 Å². The Balaban J connectivity index is 1.87. The van der Waals surface area contributed by atoms with Gasteiger partial charge in [0.15, 0.2) is 0 Å². The molecule has 0 unspecified atom stereocenters. The lowest BCUT2D eigenvalue weighted by molar-refractivity contribution is 0.715. The van der Waals surface area contributed by atoms with Crippen LogP contribution in [0.15, 0.2) is 72.8 Å². The first-order chi connectivity index (χ1) is 11.7. The van der Waals surface area contributed by atoms with Crippen molar-refractivity contribution in [2.45, 2.75) is 13.5 Å². The summed E-state index contributed by atoms with van der Waals surface area (Å²) < 4.78 is 2.06. The SMILES string of the molecule is Cc1ccccc1-c1nn(Cc2cccc(Cl)c2)c2ccccc12. The van der Waals surface area contributed by atoms with Gasteiger partial charge in [-0.05, 0) is 36.2 Å². The van der Waals surface area contributed by atoms with Crippen LogP contribution in [0.25, 0.3) is 22.2 Å². The summed E-state index contributed by atoms with van der Waals surface area (Å²) in [4.78, 5) is 0. The first-order valence-corrected chi connectivity index (χ1v) is 8.36. The van der Waals surface area contributed by atoms with Crippen molar-refractivity contribution < 1.29 is 0 Å². The molecule has 0 amide bonds. The zero-order valence-electron chi connectivity index (χ0n) is 13.4. The van der Waals surface area contributed by atoms with Crippen molar-refractivity contribution in [2.24, 2.45) is 0 Å². The average Bonchev–Trinajstić information content (AvgIpc) is 2.94. The quantitative estimate of drug-likeness (QED) is 0.469. The third kappa shape index (κ3) is 2.70. The molecular weight excluding hydrogens is 316 g/mol. The fourth-order valence-electron chi connectivity index (χ4n) is 3.09. The highest BCUT2D eigenvalue weighted by atomic mass is 35.5. The van der Waals surface area contributed by atoms with Crippen molar-refractivity contribution >= 4 is 22.5 Å². The Morgan fingerprint density at radius 1 is 0.917 bits per heavy atom. The van der Waals surface area contributed by atoms with E-state index in [1.54, 1.807) is 0 Å². The second-order valence-corrected chi connectivity index (χ2v) is 6.40. The lowest BCUT2D eigenvalue weighted by Crippen LogP contribution is -2.01. The second-order valence-electron chi connectivity index (χ2n) is 5.97. The maximum Gasteiger partial charge on any atom is 0.100 e. The molecule has 118 valence electrons. The third-order valence-electron chi connectivity index (χ3n) is 4.28. The molecule has 0 aliphatic rings. The highest BCUT2D eigenvalue weighted by molar-refractivity contribution is 6.30. The minimum atomic E-state index is 0.701. The molecule has 0 saturated carbocycles. The summed E-state index contributed by atoms with van der Waals surface area (Å²) in [5.41, 5.74) is 5.72. The van der Waals surface area contributed by atoms with E-state index in [2.05, 4.69) is 66.2 Å². The number of para-hydroxylation sites is 1. The maximum atomic E-state index is 6.12.